The van der Waals surface area contributed by atoms with E-state index in [1.165, 1.54) is 0 Å². The van der Waals surface area contributed by atoms with E-state index in [4.69, 9.17) is 11.6 Å². The van der Waals surface area contributed by atoms with Crippen molar-refractivity contribution in [3.63, 3.8) is 0 Å². The van der Waals surface area contributed by atoms with Crippen LogP contribution in [0.3, 0.4) is 0 Å². The van der Waals surface area contributed by atoms with Crippen molar-refractivity contribution in [3.8, 4) is 0 Å². The lowest BCUT2D eigenvalue weighted by Gasteiger charge is -2.32. The van der Waals surface area contributed by atoms with Gasteiger partial charge in [0.05, 0.1) is 4.90 Å². The molecule has 1 atom stereocenters. The first kappa shape index (κ1) is 16.8. The van der Waals surface area contributed by atoms with Crippen molar-refractivity contribution < 1.29 is 8.42 Å². The van der Waals surface area contributed by atoms with Gasteiger partial charge in [0.15, 0.2) is 0 Å². The molecule has 0 amide bonds. The van der Waals surface area contributed by atoms with Crippen molar-refractivity contribution in [1.82, 2.24) is 4.31 Å². The summed E-state index contributed by atoms with van der Waals surface area (Å²) in [7, 11) is -3.41. The van der Waals surface area contributed by atoms with Crippen LogP contribution in [0.15, 0.2) is 23.1 Å². The fourth-order valence-corrected chi connectivity index (χ4v) is 5.00. The SMILES string of the molecule is CCc1ccc(CCl)cc1S(=O)(=O)N1CCCC(CC)C1. The highest BCUT2D eigenvalue weighted by atomic mass is 35.5. The van der Waals surface area contributed by atoms with Gasteiger partial charge in [-0.3, -0.25) is 0 Å². The second-order valence-electron chi connectivity index (χ2n) is 5.71. The summed E-state index contributed by atoms with van der Waals surface area (Å²) in [5, 5.41) is 0. The van der Waals surface area contributed by atoms with E-state index in [0.29, 0.717) is 36.2 Å². The molecular weight excluding hydrogens is 306 g/mol. The summed E-state index contributed by atoms with van der Waals surface area (Å²) in [6, 6.07) is 5.55. The molecule has 1 saturated heterocycles. The van der Waals surface area contributed by atoms with Crippen molar-refractivity contribution in [1.29, 1.82) is 0 Å². The van der Waals surface area contributed by atoms with Crippen LogP contribution in [0.2, 0.25) is 0 Å². The maximum Gasteiger partial charge on any atom is 0.243 e. The van der Waals surface area contributed by atoms with Gasteiger partial charge in [-0.1, -0.05) is 32.4 Å². The van der Waals surface area contributed by atoms with Crippen LogP contribution in [0, 0.1) is 5.92 Å². The predicted molar refractivity (Wildman–Crippen MR) is 87.2 cm³/mol. The van der Waals surface area contributed by atoms with Gasteiger partial charge in [-0.2, -0.15) is 4.31 Å². The molecule has 0 bridgehead atoms. The van der Waals surface area contributed by atoms with Gasteiger partial charge in [0.2, 0.25) is 10.0 Å². The van der Waals surface area contributed by atoms with Crippen LogP contribution in [0.1, 0.15) is 44.2 Å². The molecule has 1 aromatic carbocycles. The van der Waals surface area contributed by atoms with E-state index >= 15 is 0 Å². The molecule has 3 nitrogen and oxygen atoms in total. The van der Waals surface area contributed by atoms with E-state index in [2.05, 4.69) is 6.92 Å². The molecule has 1 heterocycles. The van der Waals surface area contributed by atoms with Gasteiger partial charge < -0.3 is 0 Å². The Morgan fingerprint density at radius 3 is 2.71 bits per heavy atom. The van der Waals surface area contributed by atoms with Crippen molar-refractivity contribution in [2.45, 2.75) is 50.3 Å². The number of benzene rings is 1. The third-order valence-corrected chi connectivity index (χ3v) is 6.60. The fraction of sp³-hybridized carbons (Fsp3) is 0.625. The number of aryl methyl sites for hydroxylation is 1. The number of piperidine rings is 1. The second kappa shape index (κ2) is 7.12. The summed E-state index contributed by atoms with van der Waals surface area (Å²) in [5.41, 5.74) is 1.74. The lowest BCUT2D eigenvalue weighted by molar-refractivity contribution is 0.261. The number of nitrogens with zero attached hydrogens (tertiary/aromatic N) is 1. The summed E-state index contributed by atoms with van der Waals surface area (Å²) in [5.74, 6) is 0.819. The average Bonchev–Trinajstić information content (AvgIpc) is 2.54. The van der Waals surface area contributed by atoms with E-state index in [1.807, 2.05) is 19.1 Å². The molecule has 2 rings (SSSR count). The van der Waals surface area contributed by atoms with Crippen molar-refractivity contribution in [2.24, 2.45) is 5.92 Å². The highest BCUT2D eigenvalue weighted by Gasteiger charge is 2.31. The van der Waals surface area contributed by atoms with Crippen molar-refractivity contribution >= 4 is 21.6 Å². The lowest BCUT2D eigenvalue weighted by Crippen LogP contribution is -2.40. The zero-order chi connectivity index (χ0) is 15.5. The fourth-order valence-electron chi connectivity index (χ4n) is 2.93. The Hall–Kier alpha value is -0.580. The normalized spacial score (nSPS) is 20.6. The predicted octanol–water partition coefficient (Wildman–Crippen LogP) is 3.80. The molecule has 5 heteroatoms. The van der Waals surface area contributed by atoms with Gasteiger partial charge in [-0.25, -0.2) is 8.42 Å². The Bertz CT molecular complexity index is 586. The minimum Gasteiger partial charge on any atom is -0.207 e. The third-order valence-electron chi connectivity index (χ3n) is 4.34. The van der Waals surface area contributed by atoms with Crippen LogP contribution < -0.4 is 0 Å². The Kier molecular flexibility index (Phi) is 5.69. The smallest absolute Gasteiger partial charge is 0.207 e. The standard InChI is InChI=1S/C16H24ClNO2S/c1-3-13-6-5-9-18(12-13)21(19,20)16-10-14(11-17)7-8-15(16)4-2/h7-8,10,13H,3-6,9,11-12H2,1-2H3. The zero-order valence-corrected chi connectivity index (χ0v) is 14.4. The summed E-state index contributed by atoms with van der Waals surface area (Å²) in [4.78, 5) is 0.444. The van der Waals surface area contributed by atoms with Gasteiger partial charge in [-0.15, -0.1) is 11.6 Å². The van der Waals surface area contributed by atoms with E-state index in [-0.39, 0.29) is 0 Å². The molecule has 1 fully saturated rings. The van der Waals surface area contributed by atoms with Gasteiger partial charge in [0, 0.05) is 19.0 Å². The van der Waals surface area contributed by atoms with Crippen molar-refractivity contribution in [3.05, 3.63) is 29.3 Å². The molecule has 118 valence electrons. The third kappa shape index (κ3) is 3.61. The summed E-state index contributed by atoms with van der Waals surface area (Å²) in [6.45, 7) is 5.40. The molecule has 0 N–H and O–H groups in total. The van der Waals surface area contributed by atoms with Gasteiger partial charge >= 0.3 is 0 Å². The maximum atomic E-state index is 13.0. The lowest BCUT2D eigenvalue weighted by atomic mass is 9.97. The van der Waals surface area contributed by atoms with Crippen LogP contribution in [-0.4, -0.2) is 25.8 Å². The van der Waals surface area contributed by atoms with Gasteiger partial charge in [0.25, 0.3) is 0 Å². The minimum atomic E-state index is -3.41. The zero-order valence-electron chi connectivity index (χ0n) is 12.8. The maximum absolute atomic E-state index is 13.0. The molecule has 1 aliphatic heterocycles. The minimum absolute atomic E-state index is 0.337. The van der Waals surface area contributed by atoms with Crippen LogP contribution in [0.25, 0.3) is 0 Å². The summed E-state index contributed by atoms with van der Waals surface area (Å²) >= 11 is 5.87. The Morgan fingerprint density at radius 2 is 2.10 bits per heavy atom. The van der Waals surface area contributed by atoms with Crippen LogP contribution in [-0.2, 0) is 22.3 Å². The van der Waals surface area contributed by atoms with Crippen LogP contribution in [0.4, 0.5) is 0 Å². The molecule has 0 saturated carbocycles. The summed E-state index contributed by atoms with van der Waals surface area (Å²) in [6.07, 6.45) is 3.83. The van der Waals surface area contributed by atoms with Gasteiger partial charge in [0.1, 0.15) is 0 Å². The van der Waals surface area contributed by atoms with Crippen LogP contribution >= 0.6 is 11.6 Å². The number of sulfonamides is 1. The van der Waals surface area contributed by atoms with E-state index in [1.54, 1.807) is 10.4 Å². The molecule has 0 aromatic heterocycles. The number of rotatable bonds is 5. The average molecular weight is 330 g/mol. The molecule has 0 aliphatic carbocycles. The highest BCUT2D eigenvalue weighted by molar-refractivity contribution is 7.89. The quantitative estimate of drug-likeness (QED) is 0.770. The van der Waals surface area contributed by atoms with Crippen molar-refractivity contribution in [2.75, 3.05) is 13.1 Å². The Labute approximate surface area is 133 Å². The summed E-state index contributed by atoms with van der Waals surface area (Å²) < 4.78 is 27.6. The number of alkyl halides is 1. The van der Waals surface area contributed by atoms with Gasteiger partial charge in [-0.05, 0) is 42.4 Å². The molecule has 1 aliphatic rings. The van der Waals surface area contributed by atoms with E-state index in [0.717, 1.165) is 30.4 Å². The number of halogens is 1. The first-order valence-electron chi connectivity index (χ1n) is 7.70. The van der Waals surface area contributed by atoms with E-state index < -0.39 is 10.0 Å². The molecule has 0 radical (unpaired) electrons. The van der Waals surface area contributed by atoms with Crippen LogP contribution in [0.5, 0.6) is 0 Å². The second-order valence-corrected chi connectivity index (χ2v) is 7.88. The molecule has 1 unspecified atom stereocenters. The highest BCUT2D eigenvalue weighted by Crippen LogP contribution is 2.28. The number of hydrogen-bond acceptors (Lipinski definition) is 2. The Balaban J connectivity index is 2.38. The molecule has 21 heavy (non-hydrogen) atoms. The topological polar surface area (TPSA) is 37.4 Å². The van der Waals surface area contributed by atoms with E-state index in [9.17, 15) is 8.42 Å². The first-order valence-corrected chi connectivity index (χ1v) is 9.68. The largest absolute Gasteiger partial charge is 0.243 e. The Morgan fingerprint density at radius 1 is 1.33 bits per heavy atom. The molecule has 0 spiro atoms. The monoisotopic (exact) mass is 329 g/mol. The molecule has 1 aromatic rings. The molecular formula is C16H24ClNO2S. The first-order chi connectivity index (χ1) is 10.0. The number of hydrogen-bond donors (Lipinski definition) is 0.